The number of ether oxygens (including phenoxy) is 1. The number of aromatic nitrogens is 2. The molecular weight excluding hydrogens is 372 g/mol. The van der Waals surface area contributed by atoms with Gasteiger partial charge in [0.2, 0.25) is 5.88 Å². The van der Waals surface area contributed by atoms with Crippen molar-refractivity contribution in [3.63, 3.8) is 0 Å². The maximum absolute atomic E-state index is 5.64. The summed E-state index contributed by atoms with van der Waals surface area (Å²) >= 11 is 3.37. The van der Waals surface area contributed by atoms with Gasteiger partial charge < -0.3 is 14.1 Å². The molecule has 6 nitrogen and oxygen atoms in total. The Morgan fingerprint density at radius 2 is 2.17 bits per heavy atom. The third-order valence-electron chi connectivity index (χ3n) is 4.69. The van der Waals surface area contributed by atoms with E-state index in [9.17, 15) is 0 Å². The van der Waals surface area contributed by atoms with Gasteiger partial charge in [0.05, 0.1) is 13.7 Å². The summed E-state index contributed by atoms with van der Waals surface area (Å²) in [4.78, 5) is 13.6. The van der Waals surface area contributed by atoms with E-state index in [-0.39, 0.29) is 0 Å². The van der Waals surface area contributed by atoms with Gasteiger partial charge in [-0.05, 0) is 47.3 Å². The molecule has 1 saturated carbocycles. The Labute approximate surface area is 149 Å². The van der Waals surface area contributed by atoms with Crippen molar-refractivity contribution < 1.29 is 9.15 Å². The Balaban J connectivity index is 1.46. The van der Waals surface area contributed by atoms with Gasteiger partial charge in [-0.1, -0.05) is 0 Å². The first-order valence-electron chi connectivity index (χ1n) is 8.34. The number of anilines is 1. The predicted octanol–water partition coefficient (Wildman–Crippen LogP) is 3.08. The van der Waals surface area contributed by atoms with Crippen molar-refractivity contribution in [2.45, 2.75) is 37.9 Å². The highest BCUT2D eigenvalue weighted by atomic mass is 79.9. The molecule has 0 bridgehead atoms. The minimum atomic E-state index is 0.482. The Kier molecular flexibility index (Phi) is 4.45. The highest BCUT2D eigenvalue weighted by molar-refractivity contribution is 9.10. The standard InChI is InChI=1S/C17H21BrN4O2/c1-23-17-8-16(19-11-20-17)22(12-2-3-12)13-6-7-21(9-13)10-14-4-5-15(18)24-14/h4-5,8,11-13H,2-3,6-7,9-10H2,1H3. The van der Waals surface area contributed by atoms with E-state index in [0.717, 1.165) is 42.3 Å². The fraction of sp³-hybridized carbons (Fsp3) is 0.529. The van der Waals surface area contributed by atoms with E-state index in [0.29, 0.717) is 18.0 Å². The van der Waals surface area contributed by atoms with Crippen LogP contribution in [0.25, 0.3) is 0 Å². The maximum Gasteiger partial charge on any atom is 0.218 e. The number of methoxy groups -OCH3 is 1. The fourth-order valence-corrected chi connectivity index (χ4v) is 3.79. The van der Waals surface area contributed by atoms with E-state index < -0.39 is 0 Å². The number of nitrogens with zero attached hydrogens (tertiary/aromatic N) is 4. The summed E-state index contributed by atoms with van der Waals surface area (Å²) in [7, 11) is 1.65. The number of furan rings is 1. The first kappa shape index (κ1) is 15.9. The molecule has 1 aliphatic heterocycles. The number of rotatable bonds is 6. The molecule has 128 valence electrons. The van der Waals surface area contributed by atoms with Crippen LogP contribution in [0.3, 0.4) is 0 Å². The minimum Gasteiger partial charge on any atom is -0.481 e. The summed E-state index contributed by atoms with van der Waals surface area (Å²) in [5.41, 5.74) is 0. The van der Waals surface area contributed by atoms with Crippen LogP contribution in [0, 0.1) is 0 Å². The molecule has 3 heterocycles. The van der Waals surface area contributed by atoms with Crippen molar-refractivity contribution in [1.82, 2.24) is 14.9 Å². The van der Waals surface area contributed by atoms with Gasteiger partial charge in [0.1, 0.15) is 17.9 Å². The third kappa shape index (κ3) is 3.42. The summed E-state index contributed by atoms with van der Waals surface area (Å²) in [6.45, 7) is 2.96. The van der Waals surface area contributed by atoms with Gasteiger partial charge in [0.25, 0.3) is 0 Å². The molecule has 2 aromatic rings. The molecule has 0 aromatic carbocycles. The first-order valence-corrected chi connectivity index (χ1v) is 9.13. The average molecular weight is 393 g/mol. The second-order valence-corrected chi connectivity index (χ2v) is 7.22. The Bertz CT molecular complexity index is 703. The van der Waals surface area contributed by atoms with Gasteiger partial charge in [0, 0.05) is 31.2 Å². The van der Waals surface area contributed by atoms with Gasteiger partial charge in [0.15, 0.2) is 4.67 Å². The summed E-state index contributed by atoms with van der Waals surface area (Å²) in [6.07, 6.45) is 5.23. The summed E-state index contributed by atoms with van der Waals surface area (Å²) in [5, 5.41) is 0. The molecule has 24 heavy (non-hydrogen) atoms. The summed E-state index contributed by atoms with van der Waals surface area (Å²) in [5.74, 6) is 2.61. The maximum atomic E-state index is 5.64. The van der Waals surface area contributed by atoms with Crippen LogP contribution in [0.1, 0.15) is 25.0 Å². The zero-order valence-electron chi connectivity index (χ0n) is 13.7. The summed E-state index contributed by atoms with van der Waals surface area (Å²) < 4.78 is 11.7. The van der Waals surface area contributed by atoms with E-state index in [2.05, 4.69) is 35.7 Å². The largest absolute Gasteiger partial charge is 0.481 e. The third-order valence-corrected chi connectivity index (χ3v) is 5.12. The van der Waals surface area contributed by atoms with Crippen LogP contribution < -0.4 is 9.64 Å². The van der Waals surface area contributed by atoms with Gasteiger partial charge in [-0.25, -0.2) is 9.97 Å². The number of hydrogen-bond donors (Lipinski definition) is 0. The first-order chi connectivity index (χ1) is 11.7. The van der Waals surface area contributed by atoms with Crippen molar-refractivity contribution in [1.29, 1.82) is 0 Å². The van der Waals surface area contributed by atoms with Crippen LogP contribution in [0.2, 0.25) is 0 Å². The van der Waals surface area contributed by atoms with Gasteiger partial charge in [-0.3, -0.25) is 4.90 Å². The lowest BCUT2D eigenvalue weighted by Gasteiger charge is -2.30. The van der Waals surface area contributed by atoms with E-state index in [1.807, 2.05) is 18.2 Å². The van der Waals surface area contributed by atoms with Crippen molar-refractivity contribution in [3.8, 4) is 5.88 Å². The van der Waals surface area contributed by atoms with Crippen molar-refractivity contribution >= 4 is 21.7 Å². The lowest BCUT2D eigenvalue weighted by Crippen LogP contribution is -2.39. The topological polar surface area (TPSA) is 54.6 Å². The molecule has 7 heteroatoms. The average Bonchev–Trinajstić information content (AvgIpc) is 3.18. The zero-order valence-corrected chi connectivity index (χ0v) is 15.3. The molecule has 1 aliphatic carbocycles. The molecule has 2 aliphatic rings. The molecule has 1 unspecified atom stereocenters. The minimum absolute atomic E-state index is 0.482. The highest BCUT2D eigenvalue weighted by Gasteiger charge is 2.38. The lowest BCUT2D eigenvalue weighted by molar-refractivity contribution is 0.290. The second-order valence-electron chi connectivity index (χ2n) is 6.44. The predicted molar refractivity (Wildman–Crippen MR) is 94.2 cm³/mol. The van der Waals surface area contributed by atoms with E-state index >= 15 is 0 Å². The highest BCUT2D eigenvalue weighted by Crippen LogP contribution is 2.36. The normalized spacial score (nSPS) is 21.2. The Morgan fingerprint density at radius 3 is 2.88 bits per heavy atom. The fourth-order valence-electron chi connectivity index (χ4n) is 3.45. The van der Waals surface area contributed by atoms with Crippen LogP contribution in [-0.4, -0.2) is 47.2 Å². The number of hydrogen-bond acceptors (Lipinski definition) is 6. The van der Waals surface area contributed by atoms with Crippen LogP contribution in [0.5, 0.6) is 5.88 Å². The molecule has 2 fully saturated rings. The molecule has 0 spiro atoms. The van der Waals surface area contributed by atoms with Crippen LogP contribution in [-0.2, 0) is 6.54 Å². The van der Waals surface area contributed by atoms with Crippen molar-refractivity contribution in [2.75, 3.05) is 25.1 Å². The molecule has 0 amide bonds. The Hall–Kier alpha value is -1.60. The molecule has 1 saturated heterocycles. The molecule has 2 aromatic heterocycles. The van der Waals surface area contributed by atoms with Crippen LogP contribution >= 0.6 is 15.9 Å². The molecule has 0 radical (unpaired) electrons. The monoisotopic (exact) mass is 392 g/mol. The zero-order chi connectivity index (χ0) is 16.5. The Morgan fingerprint density at radius 1 is 1.29 bits per heavy atom. The van der Waals surface area contributed by atoms with Crippen molar-refractivity contribution in [3.05, 3.63) is 35.0 Å². The van der Waals surface area contributed by atoms with Crippen LogP contribution in [0.4, 0.5) is 5.82 Å². The lowest BCUT2D eigenvalue weighted by atomic mass is 10.2. The van der Waals surface area contributed by atoms with Gasteiger partial charge in [-0.15, -0.1) is 0 Å². The molecule has 0 N–H and O–H groups in total. The molecule has 1 atom stereocenters. The molecule has 4 rings (SSSR count). The van der Waals surface area contributed by atoms with Gasteiger partial charge in [-0.2, -0.15) is 0 Å². The second kappa shape index (κ2) is 6.72. The number of halogens is 1. The number of likely N-dealkylation sites (tertiary alicyclic amines) is 1. The quantitative estimate of drug-likeness (QED) is 0.752. The van der Waals surface area contributed by atoms with E-state index in [4.69, 9.17) is 9.15 Å². The smallest absolute Gasteiger partial charge is 0.218 e. The molecular formula is C17H21BrN4O2. The summed E-state index contributed by atoms with van der Waals surface area (Å²) in [6, 6.07) is 7.02. The van der Waals surface area contributed by atoms with Crippen molar-refractivity contribution in [2.24, 2.45) is 0 Å². The SMILES string of the molecule is COc1cc(N(C2CC2)C2CCN(Cc3ccc(Br)o3)C2)ncn1. The van der Waals surface area contributed by atoms with Crippen LogP contribution in [0.15, 0.2) is 33.6 Å². The van der Waals surface area contributed by atoms with Gasteiger partial charge >= 0.3 is 0 Å². The van der Waals surface area contributed by atoms with E-state index in [1.54, 1.807) is 13.4 Å². The van der Waals surface area contributed by atoms with E-state index in [1.165, 1.54) is 12.8 Å².